The van der Waals surface area contributed by atoms with E-state index in [9.17, 15) is 9.59 Å². The summed E-state index contributed by atoms with van der Waals surface area (Å²) < 4.78 is 0. The minimum absolute atomic E-state index is 0.0133. The summed E-state index contributed by atoms with van der Waals surface area (Å²) in [5.74, 6) is 0.481. The zero-order chi connectivity index (χ0) is 16.5. The number of anilines is 1. The summed E-state index contributed by atoms with van der Waals surface area (Å²) in [6.07, 6.45) is 3.41. The lowest BCUT2D eigenvalue weighted by Crippen LogP contribution is -2.40. The van der Waals surface area contributed by atoms with Crippen LogP contribution in [0.5, 0.6) is 0 Å². The van der Waals surface area contributed by atoms with Crippen LogP contribution in [0.4, 0.5) is 10.5 Å². The SMILES string of the molecule is Cc1cccc(NC(=O)NCC(=O)NCCC2CCCNC2)c1. The molecule has 126 valence electrons. The Hall–Kier alpha value is -2.08. The lowest BCUT2D eigenvalue weighted by molar-refractivity contribution is -0.120. The molecule has 1 aromatic rings. The van der Waals surface area contributed by atoms with E-state index in [1.165, 1.54) is 12.8 Å². The van der Waals surface area contributed by atoms with Gasteiger partial charge in [-0.05, 0) is 62.9 Å². The van der Waals surface area contributed by atoms with E-state index in [2.05, 4.69) is 21.3 Å². The number of carbonyl (C=O) groups is 2. The van der Waals surface area contributed by atoms with Gasteiger partial charge in [0.25, 0.3) is 0 Å². The molecule has 0 radical (unpaired) electrons. The number of benzene rings is 1. The molecule has 2 rings (SSSR count). The summed E-state index contributed by atoms with van der Waals surface area (Å²) in [6, 6.07) is 7.14. The van der Waals surface area contributed by atoms with E-state index in [4.69, 9.17) is 0 Å². The van der Waals surface area contributed by atoms with Crippen molar-refractivity contribution in [1.82, 2.24) is 16.0 Å². The Morgan fingerprint density at radius 2 is 2.17 bits per heavy atom. The number of hydrogen-bond donors (Lipinski definition) is 4. The first kappa shape index (κ1) is 17.3. The highest BCUT2D eigenvalue weighted by molar-refractivity contribution is 5.92. The second kappa shape index (κ2) is 9.15. The van der Waals surface area contributed by atoms with Crippen LogP contribution in [0, 0.1) is 12.8 Å². The van der Waals surface area contributed by atoms with Gasteiger partial charge in [0.05, 0.1) is 6.54 Å². The quantitative estimate of drug-likeness (QED) is 0.643. The molecule has 1 fully saturated rings. The van der Waals surface area contributed by atoms with Crippen LogP contribution >= 0.6 is 0 Å². The van der Waals surface area contributed by atoms with E-state index in [1.807, 2.05) is 31.2 Å². The molecule has 6 nitrogen and oxygen atoms in total. The molecule has 0 saturated carbocycles. The number of amides is 3. The van der Waals surface area contributed by atoms with Gasteiger partial charge in [0.15, 0.2) is 0 Å². The smallest absolute Gasteiger partial charge is 0.319 e. The monoisotopic (exact) mass is 318 g/mol. The third-order valence-corrected chi connectivity index (χ3v) is 3.96. The Morgan fingerprint density at radius 3 is 2.91 bits per heavy atom. The van der Waals surface area contributed by atoms with Gasteiger partial charge in [0.1, 0.15) is 0 Å². The Labute approximate surface area is 137 Å². The van der Waals surface area contributed by atoms with Gasteiger partial charge >= 0.3 is 6.03 Å². The maximum atomic E-state index is 11.7. The molecule has 6 heteroatoms. The molecule has 1 heterocycles. The van der Waals surface area contributed by atoms with Crippen molar-refractivity contribution in [3.8, 4) is 0 Å². The molecule has 1 aromatic carbocycles. The van der Waals surface area contributed by atoms with Crippen molar-refractivity contribution in [1.29, 1.82) is 0 Å². The first-order chi connectivity index (χ1) is 11.1. The number of hydrogen-bond acceptors (Lipinski definition) is 3. The minimum Gasteiger partial charge on any atom is -0.355 e. The number of carbonyl (C=O) groups excluding carboxylic acids is 2. The average Bonchev–Trinajstić information content (AvgIpc) is 2.54. The van der Waals surface area contributed by atoms with Crippen LogP contribution in [0.15, 0.2) is 24.3 Å². The largest absolute Gasteiger partial charge is 0.355 e. The molecule has 1 aliphatic rings. The molecular formula is C17H26N4O2. The summed E-state index contributed by atoms with van der Waals surface area (Å²) in [4.78, 5) is 23.5. The topological polar surface area (TPSA) is 82.3 Å². The van der Waals surface area contributed by atoms with Crippen LogP contribution in [0.1, 0.15) is 24.8 Å². The third kappa shape index (κ3) is 6.69. The van der Waals surface area contributed by atoms with E-state index in [1.54, 1.807) is 0 Å². The Kier molecular flexibility index (Phi) is 6.87. The Morgan fingerprint density at radius 1 is 1.30 bits per heavy atom. The normalized spacial score (nSPS) is 17.3. The van der Waals surface area contributed by atoms with Crippen molar-refractivity contribution in [2.24, 2.45) is 5.92 Å². The van der Waals surface area contributed by atoms with Gasteiger partial charge in [-0.25, -0.2) is 4.79 Å². The van der Waals surface area contributed by atoms with Crippen LogP contribution in [0.25, 0.3) is 0 Å². The molecule has 0 aromatic heterocycles. The van der Waals surface area contributed by atoms with Gasteiger partial charge in [-0.2, -0.15) is 0 Å². The third-order valence-electron chi connectivity index (χ3n) is 3.96. The van der Waals surface area contributed by atoms with Crippen molar-refractivity contribution >= 4 is 17.6 Å². The van der Waals surface area contributed by atoms with E-state index < -0.39 is 0 Å². The summed E-state index contributed by atoms with van der Waals surface area (Å²) in [5.41, 5.74) is 1.78. The van der Waals surface area contributed by atoms with Gasteiger partial charge in [-0.15, -0.1) is 0 Å². The van der Waals surface area contributed by atoms with Crippen molar-refractivity contribution < 1.29 is 9.59 Å². The molecule has 4 N–H and O–H groups in total. The van der Waals surface area contributed by atoms with Gasteiger partial charge in [-0.3, -0.25) is 4.79 Å². The molecule has 23 heavy (non-hydrogen) atoms. The minimum atomic E-state index is -0.373. The summed E-state index contributed by atoms with van der Waals surface area (Å²) in [7, 11) is 0. The highest BCUT2D eigenvalue weighted by Crippen LogP contribution is 2.12. The lowest BCUT2D eigenvalue weighted by atomic mass is 9.96. The molecule has 0 spiro atoms. The fraction of sp³-hybridized carbons (Fsp3) is 0.529. The van der Waals surface area contributed by atoms with Crippen molar-refractivity contribution in [3.63, 3.8) is 0 Å². The number of urea groups is 1. The fourth-order valence-corrected chi connectivity index (χ4v) is 2.71. The average molecular weight is 318 g/mol. The Bertz CT molecular complexity index is 527. The van der Waals surface area contributed by atoms with Gasteiger partial charge < -0.3 is 21.3 Å². The van der Waals surface area contributed by atoms with Crippen LogP contribution < -0.4 is 21.3 Å². The molecule has 1 unspecified atom stereocenters. The molecule has 1 atom stereocenters. The predicted molar refractivity (Wildman–Crippen MR) is 91.4 cm³/mol. The highest BCUT2D eigenvalue weighted by Gasteiger charge is 2.13. The van der Waals surface area contributed by atoms with Crippen molar-refractivity contribution in [2.75, 3.05) is 31.5 Å². The first-order valence-electron chi connectivity index (χ1n) is 8.22. The van der Waals surface area contributed by atoms with Crippen LogP contribution in [-0.2, 0) is 4.79 Å². The predicted octanol–water partition coefficient (Wildman–Crippen LogP) is 1.62. The summed E-state index contributed by atoms with van der Waals surface area (Å²) in [5, 5.41) is 11.5. The van der Waals surface area contributed by atoms with Crippen LogP contribution in [-0.4, -0.2) is 38.1 Å². The van der Waals surface area contributed by atoms with E-state index in [-0.39, 0.29) is 18.5 Å². The maximum Gasteiger partial charge on any atom is 0.319 e. The standard InChI is InChI=1S/C17H26N4O2/c1-13-4-2-6-15(10-13)21-17(23)20-12-16(22)19-9-7-14-5-3-8-18-11-14/h2,4,6,10,14,18H,3,5,7-9,11-12H2,1H3,(H,19,22)(H2,20,21,23). The zero-order valence-electron chi connectivity index (χ0n) is 13.7. The molecule has 0 aliphatic carbocycles. The van der Waals surface area contributed by atoms with Gasteiger partial charge in [0.2, 0.25) is 5.91 Å². The Balaban J connectivity index is 1.59. The maximum absolute atomic E-state index is 11.7. The number of piperidine rings is 1. The van der Waals surface area contributed by atoms with Crippen molar-refractivity contribution in [2.45, 2.75) is 26.2 Å². The first-order valence-corrected chi connectivity index (χ1v) is 8.22. The summed E-state index contributed by atoms with van der Waals surface area (Å²) in [6.45, 7) is 4.74. The molecule has 1 saturated heterocycles. The van der Waals surface area contributed by atoms with Gasteiger partial charge in [-0.1, -0.05) is 12.1 Å². The summed E-state index contributed by atoms with van der Waals surface area (Å²) >= 11 is 0. The number of aryl methyl sites for hydroxylation is 1. The van der Waals surface area contributed by atoms with E-state index in [0.29, 0.717) is 18.2 Å². The zero-order valence-corrected chi connectivity index (χ0v) is 13.7. The van der Waals surface area contributed by atoms with Crippen LogP contribution in [0.3, 0.4) is 0 Å². The van der Waals surface area contributed by atoms with Crippen molar-refractivity contribution in [3.05, 3.63) is 29.8 Å². The van der Waals surface area contributed by atoms with E-state index in [0.717, 1.165) is 25.1 Å². The second-order valence-electron chi connectivity index (χ2n) is 6.03. The highest BCUT2D eigenvalue weighted by atomic mass is 16.2. The van der Waals surface area contributed by atoms with Crippen LogP contribution in [0.2, 0.25) is 0 Å². The molecule has 1 aliphatic heterocycles. The number of nitrogens with one attached hydrogen (secondary N) is 4. The second-order valence-corrected chi connectivity index (χ2v) is 6.03. The van der Waals surface area contributed by atoms with Gasteiger partial charge in [0, 0.05) is 12.2 Å². The molecule has 0 bridgehead atoms. The van der Waals surface area contributed by atoms with E-state index >= 15 is 0 Å². The molecular weight excluding hydrogens is 292 g/mol. The molecule has 3 amide bonds. The number of rotatable bonds is 6. The fourth-order valence-electron chi connectivity index (χ4n) is 2.71. The lowest BCUT2D eigenvalue weighted by Gasteiger charge is -2.22.